The third kappa shape index (κ3) is 13.7. The van der Waals surface area contributed by atoms with Crippen LogP contribution in [-0.2, 0) is 0 Å². The smallest absolute Gasteiger partial charge is 0.0351 e. The number of unbranched alkanes of at least 4 members (excludes halogenated alkanes) is 5. The summed E-state index contributed by atoms with van der Waals surface area (Å²) < 4.78 is 0. The van der Waals surface area contributed by atoms with Crippen molar-refractivity contribution >= 4 is 0 Å². The molecule has 0 atom stereocenters. The fraction of sp³-hybridized carbons (Fsp3) is 0.867. The van der Waals surface area contributed by atoms with Crippen LogP contribution in [0.3, 0.4) is 0 Å². The molecule has 0 spiro atoms. The van der Waals surface area contributed by atoms with E-state index in [0.717, 1.165) is 0 Å². The summed E-state index contributed by atoms with van der Waals surface area (Å²) in [4.78, 5) is 0. The van der Waals surface area contributed by atoms with E-state index >= 15 is 0 Å². The molecule has 0 aromatic rings. The van der Waals surface area contributed by atoms with Crippen molar-refractivity contribution in [1.29, 1.82) is 0 Å². The third-order valence-electron chi connectivity index (χ3n) is 2.69. The quantitative estimate of drug-likeness (QED) is 0.354. The van der Waals surface area contributed by atoms with Gasteiger partial charge in [-0.1, -0.05) is 59.1 Å². The van der Waals surface area contributed by atoms with Gasteiger partial charge in [-0.3, -0.25) is 0 Å². The van der Waals surface area contributed by atoms with E-state index in [0.29, 0.717) is 5.41 Å². The molecule has 15 heavy (non-hydrogen) atoms. The zero-order valence-corrected chi connectivity index (χ0v) is 11.3. The van der Waals surface area contributed by atoms with E-state index in [2.05, 4.69) is 39.8 Å². The summed E-state index contributed by atoms with van der Waals surface area (Å²) in [5.41, 5.74) is 0.519. The van der Waals surface area contributed by atoms with Gasteiger partial charge in [0.2, 0.25) is 0 Å². The number of hydrogen-bond acceptors (Lipinski definition) is 0. The summed E-state index contributed by atoms with van der Waals surface area (Å²) in [7, 11) is 0. The Morgan fingerprint density at radius 1 is 0.800 bits per heavy atom. The van der Waals surface area contributed by atoms with E-state index in [9.17, 15) is 0 Å². The lowest BCUT2D eigenvalue weighted by atomic mass is 9.89. The van der Waals surface area contributed by atoms with Crippen molar-refractivity contribution in [2.45, 2.75) is 79.1 Å². The minimum absolute atomic E-state index is 0.519. The van der Waals surface area contributed by atoms with E-state index in [1.165, 1.54) is 51.4 Å². The maximum atomic E-state index is 2.37. The zero-order valence-electron chi connectivity index (χ0n) is 11.3. The van der Waals surface area contributed by atoms with Gasteiger partial charge in [0.25, 0.3) is 0 Å². The Hall–Kier alpha value is -0.260. The van der Waals surface area contributed by atoms with Crippen molar-refractivity contribution in [3.63, 3.8) is 0 Å². The highest BCUT2D eigenvalue weighted by Gasteiger charge is 2.08. The van der Waals surface area contributed by atoms with Crippen LogP contribution in [0.5, 0.6) is 0 Å². The molecule has 90 valence electrons. The maximum Gasteiger partial charge on any atom is -0.0351 e. The first-order valence-electron chi connectivity index (χ1n) is 6.71. The van der Waals surface area contributed by atoms with Gasteiger partial charge in [0, 0.05) is 0 Å². The molecule has 0 saturated carbocycles. The van der Waals surface area contributed by atoms with Gasteiger partial charge in [-0.15, -0.1) is 0 Å². The van der Waals surface area contributed by atoms with E-state index in [1.807, 2.05) is 0 Å². The first kappa shape index (κ1) is 14.7. The summed E-state index contributed by atoms with van der Waals surface area (Å²) in [5, 5.41) is 0. The van der Waals surface area contributed by atoms with Gasteiger partial charge >= 0.3 is 0 Å². The predicted molar refractivity (Wildman–Crippen MR) is 71.2 cm³/mol. The van der Waals surface area contributed by atoms with Crippen LogP contribution in [0.25, 0.3) is 0 Å². The van der Waals surface area contributed by atoms with Crippen molar-refractivity contribution in [3.05, 3.63) is 12.2 Å². The monoisotopic (exact) mass is 210 g/mol. The molecule has 0 fully saturated rings. The van der Waals surface area contributed by atoms with Crippen LogP contribution in [0.2, 0.25) is 0 Å². The fourth-order valence-corrected chi connectivity index (χ4v) is 1.67. The highest BCUT2D eigenvalue weighted by molar-refractivity contribution is 4.81. The lowest BCUT2D eigenvalue weighted by Crippen LogP contribution is -2.03. The Labute approximate surface area is 97.2 Å². The normalized spacial score (nSPS) is 12.5. The van der Waals surface area contributed by atoms with E-state index in [-0.39, 0.29) is 0 Å². The molecule has 0 aliphatic heterocycles. The van der Waals surface area contributed by atoms with Gasteiger partial charge in [0.05, 0.1) is 0 Å². The summed E-state index contributed by atoms with van der Waals surface area (Å²) in [6.07, 6.45) is 15.5. The highest BCUT2D eigenvalue weighted by atomic mass is 14.1. The van der Waals surface area contributed by atoms with E-state index in [1.54, 1.807) is 0 Å². The number of rotatable bonds is 8. The molecule has 0 amide bonds. The molecule has 0 saturated heterocycles. The Morgan fingerprint density at radius 3 is 1.80 bits per heavy atom. The summed E-state index contributed by atoms with van der Waals surface area (Å²) in [6, 6.07) is 0. The topological polar surface area (TPSA) is 0 Å². The van der Waals surface area contributed by atoms with Gasteiger partial charge in [-0.05, 0) is 37.5 Å². The number of allylic oxidation sites excluding steroid dienone is 2. The summed E-state index contributed by atoms with van der Waals surface area (Å²) in [6.45, 7) is 9.24. The first-order valence-corrected chi connectivity index (χ1v) is 6.71. The second-order valence-corrected chi connectivity index (χ2v) is 5.77. The molecule has 0 nitrogen and oxygen atoms in total. The molecule has 0 unspecified atom stereocenters. The molecule has 0 radical (unpaired) electrons. The molecule has 0 aliphatic carbocycles. The lowest BCUT2D eigenvalue weighted by Gasteiger charge is -2.17. The van der Waals surface area contributed by atoms with Gasteiger partial charge < -0.3 is 0 Å². The second-order valence-electron chi connectivity index (χ2n) is 5.77. The van der Waals surface area contributed by atoms with Crippen LogP contribution in [-0.4, -0.2) is 0 Å². The Bertz CT molecular complexity index is 148. The van der Waals surface area contributed by atoms with Crippen molar-refractivity contribution in [3.8, 4) is 0 Å². The lowest BCUT2D eigenvalue weighted by molar-refractivity contribution is 0.361. The molecule has 0 aromatic heterocycles. The van der Waals surface area contributed by atoms with Crippen molar-refractivity contribution in [2.75, 3.05) is 0 Å². The predicted octanol–water partition coefficient (Wildman–Crippen LogP) is 5.73. The van der Waals surface area contributed by atoms with Crippen LogP contribution < -0.4 is 0 Å². The molecule has 0 rings (SSSR count). The standard InChI is InChI=1S/C15H30/c1-5-6-7-8-9-10-11-12-13-14-15(2,3)4/h9-10H,5-8,11-14H2,1-4H3/b10-9-. The minimum atomic E-state index is 0.519. The molecular formula is C15H30. The van der Waals surface area contributed by atoms with Gasteiger partial charge in [0.1, 0.15) is 0 Å². The Balaban J connectivity index is 3.17. The number of hydrogen-bond donors (Lipinski definition) is 0. The van der Waals surface area contributed by atoms with Crippen LogP contribution in [0.4, 0.5) is 0 Å². The Kier molecular flexibility index (Phi) is 8.85. The average molecular weight is 210 g/mol. The fourth-order valence-electron chi connectivity index (χ4n) is 1.67. The molecule has 0 N–H and O–H groups in total. The van der Waals surface area contributed by atoms with Gasteiger partial charge in [-0.2, -0.15) is 0 Å². The summed E-state index contributed by atoms with van der Waals surface area (Å²) in [5.74, 6) is 0. The Morgan fingerprint density at radius 2 is 1.33 bits per heavy atom. The van der Waals surface area contributed by atoms with Crippen LogP contribution in [0, 0.1) is 5.41 Å². The van der Waals surface area contributed by atoms with Crippen molar-refractivity contribution in [2.24, 2.45) is 5.41 Å². The van der Waals surface area contributed by atoms with E-state index < -0.39 is 0 Å². The SMILES string of the molecule is CCCCC/C=C\CCCCC(C)(C)C. The molecule has 0 aliphatic rings. The van der Waals surface area contributed by atoms with Crippen LogP contribution in [0.1, 0.15) is 79.1 Å². The van der Waals surface area contributed by atoms with Gasteiger partial charge in [-0.25, -0.2) is 0 Å². The summed E-state index contributed by atoms with van der Waals surface area (Å²) >= 11 is 0. The first-order chi connectivity index (χ1) is 7.06. The zero-order chi connectivity index (χ0) is 11.6. The third-order valence-corrected chi connectivity index (χ3v) is 2.69. The average Bonchev–Trinajstić information content (AvgIpc) is 2.14. The largest absolute Gasteiger partial charge is 0.0885 e. The highest BCUT2D eigenvalue weighted by Crippen LogP contribution is 2.21. The van der Waals surface area contributed by atoms with Gasteiger partial charge in [0.15, 0.2) is 0 Å². The molecule has 0 aromatic carbocycles. The maximum absolute atomic E-state index is 2.37. The van der Waals surface area contributed by atoms with Crippen LogP contribution in [0.15, 0.2) is 12.2 Å². The minimum Gasteiger partial charge on any atom is -0.0885 e. The second kappa shape index (κ2) is 9.00. The molecule has 0 heterocycles. The molecule has 0 bridgehead atoms. The van der Waals surface area contributed by atoms with Crippen LogP contribution >= 0.6 is 0 Å². The van der Waals surface area contributed by atoms with Crippen molar-refractivity contribution < 1.29 is 0 Å². The molecular weight excluding hydrogens is 180 g/mol. The van der Waals surface area contributed by atoms with E-state index in [4.69, 9.17) is 0 Å². The van der Waals surface area contributed by atoms with Crippen molar-refractivity contribution in [1.82, 2.24) is 0 Å². The molecule has 0 heteroatoms.